The summed E-state index contributed by atoms with van der Waals surface area (Å²) >= 11 is 0. The van der Waals surface area contributed by atoms with Crippen molar-refractivity contribution >= 4 is 11.5 Å². The van der Waals surface area contributed by atoms with Crippen molar-refractivity contribution in [3.8, 4) is 0 Å². The van der Waals surface area contributed by atoms with E-state index in [1.807, 2.05) is 6.92 Å². The summed E-state index contributed by atoms with van der Waals surface area (Å²) in [5.41, 5.74) is 0.0731. The van der Waals surface area contributed by atoms with Gasteiger partial charge in [0, 0.05) is 11.3 Å². The van der Waals surface area contributed by atoms with Crippen LogP contribution in [0.2, 0.25) is 0 Å². The molecule has 2 aliphatic rings. The van der Waals surface area contributed by atoms with Gasteiger partial charge in [0.05, 0.1) is 0 Å². The van der Waals surface area contributed by atoms with Crippen LogP contribution in [-0.4, -0.2) is 16.7 Å². The minimum Gasteiger partial charge on any atom is -0.411 e. The van der Waals surface area contributed by atoms with Crippen molar-refractivity contribution in [2.75, 3.05) is 0 Å². The maximum atomic E-state index is 11.8. The van der Waals surface area contributed by atoms with Crippen LogP contribution in [0.15, 0.2) is 5.16 Å². The molecule has 0 aromatic heterocycles. The first kappa shape index (κ1) is 8.73. The molecule has 0 spiro atoms. The number of hydrogen-bond donors (Lipinski definition) is 1. The van der Waals surface area contributed by atoms with Crippen molar-refractivity contribution in [2.45, 2.75) is 33.6 Å². The molecule has 13 heavy (non-hydrogen) atoms. The van der Waals surface area contributed by atoms with Gasteiger partial charge in [-0.05, 0) is 18.3 Å². The molecule has 2 saturated carbocycles. The lowest BCUT2D eigenvalue weighted by Gasteiger charge is -2.31. The highest BCUT2D eigenvalue weighted by molar-refractivity contribution is 6.45. The summed E-state index contributed by atoms with van der Waals surface area (Å²) < 4.78 is 0. The molecule has 3 heteroatoms. The Balaban J connectivity index is 2.57. The van der Waals surface area contributed by atoms with E-state index in [0.29, 0.717) is 5.71 Å². The topological polar surface area (TPSA) is 49.7 Å². The maximum absolute atomic E-state index is 11.8. The first-order valence-corrected chi connectivity index (χ1v) is 4.72. The lowest BCUT2D eigenvalue weighted by molar-refractivity contribution is -0.123. The van der Waals surface area contributed by atoms with E-state index in [1.54, 1.807) is 0 Å². The summed E-state index contributed by atoms with van der Waals surface area (Å²) in [6, 6.07) is 0. The lowest BCUT2D eigenvalue weighted by atomic mass is 9.70. The molecule has 0 aromatic rings. The van der Waals surface area contributed by atoms with Crippen LogP contribution >= 0.6 is 0 Å². The smallest absolute Gasteiger partial charge is 0.187 e. The van der Waals surface area contributed by atoms with Crippen LogP contribution in [0.4, 0.5) is 0 Å². The molecule has 0 radical (unpaired) electrons. The van der Waals surface area contributed by atoms with Crippen LogP contribution in [0.5, 0.6) is 0 Å². The van der Waals surface area contributed by atoms with Crippen LogP contribution in [0.1, 0.15) is 33.6 Å². The van der Waals surface area contributed by atoms with E-state index in [0.717, 1.165) is 12.8 Å². The van der Waals surface area contributed by atoms with Gasteiger partial charge in [0.2, 0.25) is 0 Å². The fraction of sp³-hybridized carbons (Fsp3) is 0.800. The molecule has 0 heterocycles. The molecule has 2 atom stereocenters. The van der Waals surface area contributed by atoms with E-state index in [9.17, 15) is 4.79 Å². The molecule has 3 nitrogen and oxygen atoms in total. The normalized spacial score (nSPS) is 44.7. The Morgan fingerprint density at radius 1 is 1.46 bits per heavy atom. The van der Waals surface area contributed by atoms with Crippen LogP contribution < -0.4 is 0 Å². The zero-order chi connectivity index (χ0) is 9.85. The average molecular weight is 181 g/mol. The molecular weight excluding hydrogens is 166 g/mol. The summed E-state index contributed by atoms with van der Waals surface area (Å²) in [7, 11) is 0. The van der Waals surface area contributed by atoms with Gasteiger partial charge < -0.3 is 5.21 Å². The molecule has 0 saturated heterocycles. The summed E-state index contributed by atoms with van der Waals surface area (Å²) in [6.45, 7) is 6.19. The Kier molecular flexibility index (Phi) is 1.44. The van der Waals surface area contributed by atoms with Gasteiger partial charge in [-0.15, -0.1) is 0 Å². The minimum absolute atomic E-state index is 0.0361. The number of fused-ring (bicyclic) bond motifs is 2. The molecule has 2 aliphatic carbocycles. The second-order valence-corrected chi connectivity index (χ2v) is 4.96. The highest BCUT2D eigenvalue weighted by Crippen LogP contribution is 2.62. The fourth-order valence-electron chi connectivity index (χ4n) is 2.94. The van der Waals surface area contributed by atoms with E-state index >= 15 is 0 Å². The summed E-state index contributed by atoms with van der Waals surface area (Å²) in [5, 5.41) is 11.9. The summed E-state index contributed by atoms with van der Waals surface area (Å²) in [5.74, 6) is 0.214. The molecular formula is C10H15NO2. The zero-order valence-corrected chi connectivity index (χ0v) is 8.29. The Morgan fingerprint density at radius 2 is 2.08 bits per heavy atom. The highest BCUT2D eigenvalue weighted by atomic mass is 16.4. The van der Waals surface area contributed by atoms with Crippen molar-refractivity contribution in [1.82, 2.24) is 0 Å². The highest BCUT2D eigenvalue weighted by Gasteiger charge is 2.65. The van der Waals surface area contributed by atoms with Gasteiger partial charge in [-0.2, -0.15) is 0 Å². The van der Waals surface area contributed by atoms with Crippen molar-refractivity contribution in [1.29, 1.82) is 0 Å². The molecule has 1 N–H and O–H groups in total. The van der Waals surface area contributed by atoms with Crippen molar-refractivity contribution in [3.05, 3.63) is 0 Å². The van der Waals surface area contributed by atoms with Crippen molar-refractivity contribution < 1.29 is 10.0 Å². The lowest BCUT2D eigenvalue weighted by Crippen LogP contribution is -2.33. The van der Waals surface area contributed by atoms with Crippen LogP contribution in [0, 0.1) is 16.7 Å². The predicted octanol–water partition coefficient (Wildman–Crippen LogP) is 1.84. The molecule has 2 rings (SSSR count). The first-order valence-electron chi connectivity index (χ1n) is 4.72. The largest absolute Gasteiger partial charge is 0.411 e. The SMILES string of the molecule is CC1(C)C2CC[C@@]1(C)C(=O)/C2=N/O. The molecule has 0 amide bonds. The Morgan fingerprint density at radius 3 is 2.38 bits per heavy atom. The molecule has 2 bridgehead atoms. The Hall–Kier alpha value is -0.860. The van der Waals surface area contributed by atoms with E-state index in [4.69, 9.17) is 5.21 Å². The third kappa shape index (κ3) is 0.713. The number of nitrogens with zero attached hydrogens (tertiary/aromatic N) is 1. The third-order valence-electron chi connectivity index (χ3n) is 4.40. The summed E-state index contributed by atoms with van der Waals surface area (Å²) in [6.07, 6.45) is 1.91. The van der Waals surface area contributed by atoms with Crippen molar-refractivity contribution in [3.63, 3.8) is 0 Å². The van der Waals surface area contributed by atoms with E-state index < -0.39 is 0 Å². The Labute approximate surface area is 77.8 Å². The molecule has 72 valence electrons. The first-order chi connectivity index (χ1) is 5.95. The Bertz CT molecular complexity index is 306. The van der Waals surface area contributed by atoms with E-state index in [1.165, 1.54) is 0 Å². The maximum Gasteiger partial charge on any atom is 0.187 e. The third-order valence-corrected chi connectivity index (χ3v) is 4.40. The fourth-order valence-corrected chi connectivity index (χ4v) is 2.94. The second kappa shape index (κ2) is 2.14. The van der Waals surface area contributed by atoms with Crippen LogP contribution in [0.25, 0.3) is 0 Å². The van der Waals surface area contributed by atoms with E-state index in [-0.39, 0.29) is 22.5 Å². The van der Waals surface area contributed by atoms with Gasteiger partial charge in [-0.3, -0.25) is 4.79 Å². The quantitative estimate of drug-likeness (QED) is 0.458. The molecule has 1 unspecified atom stereocenters. The van der Waals surface area contributed by atoms with Gasteiger partial charge in [0.1, 0.15) is 5.71 Å². The summed E-state index contributed by atoms with van der Waals surface area (Å²) in [4.78, 5) is 11.8. The number of rotatable bonds is 0. The molecule has 0 aliphatic heterocycles. The predicted molar refractivity (Wildman–Crippen MR) is 48.8 cm³/mol. The number of ketones is 1. The number of Topliss-reactive ketones (excluding diaryl/α,β-unsaturated/α-hetero) is 1. The number of carbonyl (C=O) groups is 1. The van der Waals surface area contributed by atoms with E-state index in [2.05, 4.69) is 19.0 Å². The van der Waals surface area contributed by atoms with Gasteiger partial charge >= 0.3 is 0 Å². The monoisotopic (exact) mass is 181 g/mol. The van der Waals surface area contributed by atoms with Gasteiger partial charge in [-0.1, -0.05) is 25.9 Å². The zero-order valence-electron chi connectivity index (χ0n) is 8.29. The molecule has 0 aromatic carbocycles. The average Bonchev–Trinajstić information content (AvgIpc) is 2.36. The number of oxime groups is 1. The second-order valence-electron chi connectivity index (χ2n) is 4.96. The standard InChI is InChI=1S/C10H15NO2/c1-9(2)6-4-5-10(9,3)8(12)7(6)11-13/h6,13H,4-5H2,1-3H3/b11-7+/t6?,10-/m0/s1. The molecule has 2 fully saturated rings. The van der Waals surface area contributed by atoms with Gasteiger partial charge in [-0.25, -0.2) is 0 Å². The van der Waals surface area contributed by atoms with Crippen LogP contribution in [0.3, 0.4) is 0 Å². The van der Waals surface area contributed by atoms with Crippen LogP contribution in [-0.2, 0) is 4.79 Å². The van der Waals surface area contributed by atoms with Gasteiger partial charge in [0.15, 0.2) is 5.78 Å². The number of hydrogen-bond acceptors (Lipinski definition) is 3. The minimum atomic E-state index is -0.292. The van der Waals surface area contributed by atoms with Gasteiger partial charge in [0.25, 0.3) is 0 Å². The van der Waals surface area contributed by atoms with Crippen molar-refractivity contribution in [2.24, 2.45) is 21.9 Å². The number of carbonyl (C=O) groups excluding carboxylic acids is 1.